The lowest BCUT2D eigenvalue weighted by Crippen LogP contribution is -2.23. The lowest BCUT2D eigenvalue weighted by Gasteiger charge is -2.11. The average Bonchev–Trinajstić information content (AvgIpc) is 2.72. The van der Waals surface area contributed by atoms with Gasteiger partial charge in [-0.15, -0.1) is 11.3 Å². The first-order valence-corrected chi connectivity index (χ1v) is 10.0. The SMILES string of the molecule is CCOc1ccccc1CNS(=O)(=O)c1c(Cl)sc(Cl)c1Br. The van der Waals surface area contributed by atoms with Gasteiger partial charge in [-0.1, -0.05) is 41.4 Å². The predicted octanol–water partition coefficient (Wildman–Crippen LogP) is 4.69. The van der Waals surface area contributed by atoms with Gasteiger partial charge in [0, 0.05) is 12.1 Å². The van der Waals surface area contributed by atoms with E-state index in [1.54, 1.807) is 12.1 Å². The molecule has 1 N–H and O–H groups in total. The monoisotopic (exact) mass is 443 g/mol. The second kappa shape index (κ2) is 7.51. The Balaban J connectivity index is 2.24. The zero-order valence-corrected chi connectivity index (χ0v) is 16.1. The quantitative estimate of drug-likeness (QED) is 0.702. The maximum Gasteiger partial charge on any atom is 0.244 e. The summed E-state index contributed by atoms with van der Waals surface area (Å²) in [7, 11) is -3.79. The topological polar surface area (TPSA) is 55.4 Å². The molecule has 120 valence electrons. The Labute approximate surface area is 151 Å². The van der Waals surface area contributed by atoms with Crippen molar-refractivity contribution in [2.45, 2.75) is 18.4 Å². The van der Waals surface area contributed by atoms with Crippen LogP contribution >= 0.6 is 50.5 Å². The summed E-state index contributed by atoms with van der Waals surface area (Å²) in [6.07, 6.45) is 0. The molecule has 22 heavy (non-hydrogen) atoms. The molecule has 0 spiro atoms. The molecule has 0 amide bonds. The van der Waals surface area contributed by atoms with Crippen LogP contribution in [0.5, 0.6) is 5.75 Å². The highest BCUT2D eigenvalue weighted by Crippen LogP contribution is 2.42. The fourth-order valence-electron chi connectivity index (χ4n) is 1.76. The van der Waals surface area contributed by atoms with Gasteiger partial charge in [0.15, 0.2) is 0 Å². The molecule has 0 atom stereocenters. The lowest BCUT2D eigenvalue weighted by molar-refractivity contribution is 0.336. The standard InChI is InChI=1S/C13H12BrCl2NO3S2/c1-2-20-9-6-4-3-5-8(9)7-17-22(18,19)11-10(14)12(15)21-13(11)16/h3-6,17H,2,7H2,1H3. The highest BCUT2D eigenvalue weighted by atomic mass is 79.9. The van der Waals surface area contributed by atoms with E-state index in [1.165, 1.54) is 0 Å². The van der Waals surface area contributed by atoms with Crippen LogP contribution in [0.25, 0.3) is 0 Å². The molecule has 0 bridgehead atoms. The second-order valence-corrected chi connectivity index (χ2v) is 8.88. The smallest absolute Gasteiger partial charge is 0.244 e. The Morgan fingerprint density at radius 2 is 1.95 bits per heavy atom. The van der Waals surface area contributed by atoms with Gasteiger partial charge in [-0.25, -0.2) is 13.1 Å². The van der Waals surface area contributed by atoms with Crippen LogP contribution in [0.4, 0.5) is 0 Å². The molecule has 0 aliphatic carbocycles. The predicted molar refractivity (Wildman–Crippen MR) is 93.7 cm³/mol. The molecule has 1 aromatic heterocycles. The number of halogens is 3. The van der Waals surface area contributed by atoms with Crippen LogP contribution in [0.1, 0.15) is 12.5 Å². The van der Waals surface area contributed by atoms with Crippen molar-refractivity contribution < 1.29 is 13.2 Å². The van der Waals surface area contributed by atoms with E-state index in [0.29, 0.717) is 16.7 Å². The Hall–Kier alpha value is -0.310. The number of sulfonamides is 1. The van der Waals surface area contributed by atoms with Crippen LogP contribution < -0.4 is 9.46 Å². The van der Waals surface area contributed by atoms with Crippen LogP contribution in [0.15, 0.2) is 33.6 Å². The Morgan fingerprint density at radius 1 is 1.27 bits per heavy atom. The van der Waals surface area contributed by atoms with Gasteiger partial charge in [0.2, 0.25) is 10.0 Å². The third kappa shape index (κ3) is 3.96. The minimum Gasteiger partial charge on any atom is -0.494 e. The summed E-state index contributed by atoms with van der Waals surface area (Å²) in [4.78, 5) is -0.0435. The van der Waals surface area contributed by atoms with Crippen molar-refractivity contribution in [2.75, 3.05) is 6.61 Å². The van der Waals surface area contributed by atoms with E-state index >= 15 is 0 Å². The van der Waals surface area contributed by atoms with Gasteiger partial charge >= 0.3 is 0 Å². The second-order valence-electron chi connectivity index (χ2n) is 4.16. The van der Waals surface area contributed by atoms with Crippen LogP contribution in [0.2, 0.25) is 8.67 Å². The third-order valence-electron chi connectivity index (χ3n) is 2.72. The van der Waals surface area contributed by atoms with Gasteiger partial charge in [-0.05, 0) is 28.9 Å². The molecular formula is C13H12BrCl2NO3S2. The first-order chi connectivity index (χ1) is 10.4. The molecule has 0 unspecified atom stereocenters. The zero-order valence-electron chi connectivity index (χ0n) is 11.4. The Bertz CT molecular complexity index is 778. The molecule has 1 heterocycles. The first kappa shape index (κ1) is 18.0. The number of rotatable bonds is 6. The summed E-state index contributed by atoms with van der Waals surface area (Å²) >= 11 is 16.0. The first-order valence-electron chi connectivity index (χ1n) is 6.20. The minimum absolute atomic E-state index is 0.0435. The summed E-state index contributed by atoms with van der Waals surface area (Å²) in [5.41, 5.74) is 0.737. The summed E-state index contributed by atoms with van der Waals surface area (Å²) in [6.45, 7) is 2.46. The fraction of sp³-hybridized carbons (Fsp3) is 0.231. The van der Waals surface area contributed by atoms with Gasteiger partial charge in [0.05, 0.1) is 11.1 Å². The van der Waals surface area contributed by atoms with Crippen molar-refractivity contribution in [2.24, 2.45) is 0 Å². The average molecular weight is 445 g/mol. The fourth-order valence-corrected chi connectivity index (χ4v) is 6.32. The van der Waals surface area contributed by atoms with E-state index in [9.17, 15) is 8.42 Å². The molecule has 0 saturated carbocycles. The number of hydrogen-bond donors (Lipinski definition) is 1. The van der Waals surface area contributed by atoms with E-state index in [0.717, 1.165) is 16.9 Å². The van der Waals surface area contributed by atoms with E-state index in [-0.39, 0.29) is 20.2 Å². The number of nitrogens with one attached hydrogen (secondary N) is 1. The van der Waals surface area contributed by atoms with Gasteiger partial charge in [0.25, 0.3) is 0 Å². The third-order valence-corrected chi connectivity index (χ3v) is 7.59. The molecule has 2 rings (SSSR count). The molecule has 0 aliphatic rings. The normalized spacial score (nSPS) is 11.6. The van der Waals surface area contributed by atoms with Crippen LogP contribution in [-0.2, 0) is 16.6 Å². The molecule has 4 nitrogen and oxygen atoms in total. The van der Waals surface area contributed by atoms with Crippen molar-refractivity contribution in [3.05, 3.63) is 43.0 Å². The number of thiophene rings is 1. The van der Waals surface area contributed by atoms with Gasteiger partial charge in [-0.3, -0.25) is 0 Å². The summed E-state index contributed by atoms with van der Waals surface area (Å²) in [6, 6.07) is 7.23. The van der Waals surface area contributed by atoms with Crippen molar-refractivity contribution in [1.82, 2.24) is 4.72 Å². The van der Waals surface area contributed by atoms with Crippen molar-refractivity contribution in [1.29, 1.82) is 0 Å². The van der Waals surface area contributed by atoms with E-state index in [1.807, 2.05) is 19.1 Å². The highest BCUT2D eigenvalue weighted by Gasteiger charge is 2.26. The molecule has 0 aliphatic heterocycles. The van der Waals surface area contributed by atoms with Gasteiger partial charge in [0.1, 0.15) is 19.3 Å². The van der Waals surface area contributed by atoms with Crippen LogP contribution in [0, 0.1) is 0 Å². The van der Waals surface area contributed by atoms with Gasteiger partial charge in [-0.2, -0.15) is 0 Å². The summed E-state index contributed by atoms with van der Waals surface area (Å²) < 4.78 is 33.5. The van der Waals surface area contributed by atoms with Crippen molar-refractivity contribution in [3.63, 3.8) is 0 Å². The lowest BCUT2D eigenvalue weighted by atomic mass is 10.2. The summed E-state index contributed by atoms with van der Waals surface area (Å²) in [5, 5.41) is 0. The maximum absolute atomic E-state index is 12.4. The molecule has 9 heteroatoms. The maximum atomic E-state index is 12.4. The molecule has 1 aromatic carbocycles. The number of ether oxygens (including phenoxy) is 1. The van der Waals surface area contributed by atoms with E-state index in [4.69, 9.17) is 27.9 Å². The minimum atomic E-state index is -3.79. The largest absolute Gasteiger partial charge is 0.494 e. The van der Waals surface area contributed by atoms with Gasteiger partial charge < -0.3 is 4.74 Å². The zero-order chi connectivity index (χ0) is 16.3. The molecule has 0 radical (unpaired) electrons. The van der Waals surface area contributed by atoms with Crippen LogP contribution in [0.3, 0.4) is 0 Å². The Morgan fingerprint density at radius 3 is 2.55 bits per heavy atom. The van der Waals surface area contributed by atoms with Crippen LogP contribution in [-0.4, -0.2) is 15.0 Å². The number of para-hydroxylation sites is 1. The number of hydrogen-bond acceptors (Lipinski definition) is 4. The molecule has 0 saturated heterocycles. The molecular weight excluding hydrogens is 433 g/mol. The van der Waals surface area contributed by atoms with Crippen molar-refractivity contribution in [3.8, 4) is 5.75 Å². The number of benzene rings is 1. The summed E-state index contributed by atoms with van der Waals surface area (Å²) in [5.74, 6) is 0.640. The highest BCUT2D eigenvalue weighted by molar-refractivity contribution is 9.10. The van der Waals surface area contributed by atoms with Crippen molar-refractivity contribution >= 4 is 60.5 Å². The van der Waals surface area contributed by atoms with E-state index in [2.05, 4.69) is 20.7 Å². The molecule has 0 fully saturated rings. The Kier molecular flexibility index (Phi) is 6.15. The molecule has 2 aromatic rings. The van der Waals surface area contributed by atoms with E-state index < -0.39 is 10.0 Å².